The van der Waals surface area contributed by atoms with Gasteiger partial charge in [0.25, 0.3) is 0 Å². The van der Waals surface area contributed by atoms with Crippen LogP contribution < -0.4 is 0 Å². The van der Waals surface area contributed by atoms with Crippen LogP contribution in [0.2, 0.25) is 0 Å². The number of halogens is 3. The molecular formula is C16H10F3N. The number of fused-ring (bicyclic) bond motifs is 1. The van der Waals surface area contributed by atoms with Crippen molar-refractivity contribution >= 4 is 10.9 Å². The summed E-state index contributed by atoms with van der Waals surface area (Å²) in [6.07, 6.45) is -4.34. The van der Waals surface area contributed by atoms with Crippen molar-refractivity contribution in [1.82, 2.24) is 4.98 Å². The molecular weight excluding hydrogens is 263 g/mol. The minimum atomic E-state index is -4.34. The van der Waals surface area contributed by atoms with Gasteiger partial charge in [0.15, 0.2) is 0 Å². The monoisotopic (exact) mass is 273 g/mol. The molecule has 0 bridgehead atoms. The van der Waals surface area contributed by atoms with Gasteiger partial charge in [-0.2, -0.15) is 13.2 Å². The highest BCUT2D eigenvalue weighted by atomic mass is 19.4. The molecule has 1 nitrogen and oxygen atoms in total. The molecule has 0 N–H and O–H groups in total. The summed E-state index contributed by atoms with van der Waals surface area (Å²) >= 11 is 0. The minimum Gasteiger partial charge on any atom is -0.248 e. The molecule has 0 amide bonds. The van der Waals surface area contributed by atoms with Gasteiger partial charge < -0.3 is 0 Å². The van der Waals surface area contributed by atoms with Crippen LogP contribution in [-0.2, 0) is 6.18 Å². The summed E-state index contributed by atoms with van der Waals surface area (Å²) in [6, 6.07) is 16.3. The topological polar surface area (TPSA) is 12.9 Å². The summed E-state index contributed by atoms with van der Waals surface area (Å²) in [5, 5.41) is 0.961. The smallest absolute Gasteiger partial charge is 0.248 e. The van der Waals surface area contributed by atoms with E-state index < -0.39 is 11.7 Å². The third-order valence-electron chi connectivity index (χ3n) is 3.08. The van der Waals surface area contributed by atoms with Crippen molar-refractivity contribution in [3.05, 3.63) is 66.2 Å². The third-order valence-corrected chi connectivity index (χ3v) is 3.08. The number of pyridine rings is 1. The molecule has 0 aliphatic carbocycles. The van der Waals surface area contributed by atoms with Crippen LogP contribution in [-0.4, -0.2) is 4.98 Å². The Bertz CT molecular complexity index is 763. The second-order valence-electron chi connectivity index (χ2n) is 4.47. The van der Waals surface area contributed by atoms with E-state index in [2.05, 4.69) is 4.98 Å². The fourth-order valence-corrected chi connectivity index (χ4v) is 2.08. The summed E-state index contributed by atoms with van der Waals surface area (Å²) in [5.74, 6) is 0. The zero-order valence-electron chi connectivity index (χ0n) is 10.4. The van der Waals surface area contributed by atoms with Crippen molar-refractivity contribution in [3.63, 3.8) is 0 Å². The van der Waals surface area contributed by atoms with Crippen LogP contribution in [0, 0.1) is 0 Å². The molecule has 0 atom stereocenters. The average Bonchev–Trinajstić information content (AvgIpc) is 2.46. The zero-order chi connectivity index (χ0) is 14.2. The Balaban J connectivity index is 2.11. The maximum atomic E-state index is 12.7. The van der Waals surface area contributed by atoms with E-state index in [0.29, 0.717) is 11.3 Å². The third kappa shape index (κ3) is 2.37. The highest BCUT2D eigenvalue weighted by molar-refractivity contribution is 5.81. The number of benzene rings is 2. The van der Waals surface area contributed by atoms with Crippen molar-refractivity contribution in [3.8, 4) is 11.3 Å². The fourth-order valence-electron chi connectivity index (χ4n) is 2.08. The summed E-state index contributed by atoms with van der Waals surface area (Å²) in [7, 11) is 0. The van der Waals surface area contributed by atoms with Crippen LogP contribution in [0.3, 0.4) is 0 Å². The number of alkyl halides is 3. The first-order chi connectivity index (χ1) is 9.54. The maximum absolute atomic E-state index is 12.7. The van der Waals surface area contributed by atoms with Crippen molar-refractivity contribution in [2.24, 2.45) is 0 Å². The van der Waals surface area contributed by atoms with E-state index in [1.165, 1.54) is 6.07 Å². The summed E-state index contributed by atoms with van der Waals surface area (Å²) in [5.41, 5.74) is 1.10. The largest absolute Gasteiger partial charge is 0.416 e. The molecule has 1 heterocycles. The van der Waals surface area contributed by atoms with Gasteiger partial charge in [-0.15, -0.1) is 0 Å². The number of hydrogen-bond acceptors (Lipinski definition) is 1. The van der Waals surface area contributed by atoms with E-state index in [-0.39, 0.29) is 0 Å². The molecule has 0 saturated carbocycles. The Morgan fingerprint density at radius 3 is 2.40 bits per heavy atom. The first-order valence-corrected chi connectivity index (χ1v) is 6.07. The molecule has 3 aromatic rings. The van der Waals surface area contributed by atoms with Crippen LogP contribution in [0.4, 0.5) is 13.2 Å². The molecule has 0 saturated heterocycles. The Kier molecular flexibility index (Phi) is 2.93. The molecule has 20 heavy (non-hydrogen) atoms. The van der Waals surface area contributed by atoms with Gasteiger partial charge in [-0.3, -0.25) is 0 Å². The van der Waals surface area contributed by atoms with Crippen molar-refractivity contribution < 1.29 is 13.2 Å². The maximum Gasteiger partial charge on any atom is 0.416 e. The Labute approximate surface area is 113 Å². The lowest BCUT2D eigenvalue weighted by molar-refractivity contribution is -0.137. The van der Waals surface area contributed by atoms with Gasteiger partial charge in [-0.25, -0.2) is 4.98 Å². The lowest BCUT2D eigenvalue weighted by atomic mass is 10.1. The molecule has 0 radical (unpaired) electrons. The van der Waals surface area contributed by atoms with E-state index in [9.17, 15) is 13.2 Å². The molecule has 0 spiro atoms. The van der Waals surface area contributed by atoms with Crippen molar-refractivity contribution in [1.29, 1.82) is 0 Å². The summed E-state index contributed by atoms with van der Waals surface area (Å²) in [6.45, 7) is 0. The van der Waals surface area contributed by atoms with E-state index in [0.717, 1.165) is 23.0 Å². The second kappa shape index (κ2) is 4.63. The van der Waals surface area contributed by atoms with Gasteiger partial charge in [0, 0.05) is 10.9 Å². The normalized spacial score (nSPS) is 11.8. The number of nitrogens with zero attached hydrogens (tertiary/aromatic N) is 1. The highest BCUT2D eigenvalue weighted by Crippen LogP contribution is 2.32. The molecule has 2 aromatic carbocycles. The van der Waals surface area contributed by atoms with E-state index in [1.807, 2.05) is 30.3 Å². The predicted octanol–water partition coefficient (Wildman–Crippen LogP) is 4.92. The SMILES string of the molecule is FC(F)(F)c1cccc(-c2ccc3ccccc3n2)c1. The van der Waals surface area contributed by atoms with Gasteiger partial charge in [0.1, 0.15) is 0 Å². The average molecular weight is 273 g/mol. The van der Waals surface area contributed by atoms with Crippen LogP contribution in [0.15, 0.2) is 60.7 Å². The number of rotatable bonds is 1. The Morgan fingerprint density at radius 2 is 1.60 bits per heavy atom. The summed E-state index contributed by atoms with van der Waals surface area (Å²) in [4.78, 5) is 4.40. The van der Waals surface area contributed by atoms with Crippen molar-refractivity contribution in [2.45, 2.75) is 6.18 Å². The van der Waals surface area contributed by atoms with E-state index in [1.54, 1.807) is 12.1 Å². The molecule has 3 rings (SSSR count). The quantitative estimate of drug-likeness (QED) is 0.613. The molecule has 0 aliphatic rings. The van der Waals surface area contributed by atoms with Crippen LogP contribution in [0.1, 0.15) is 5.56 Å². The lowest BCUT2D eigenvalue weighted by Crippen LogP contribution is -2.04. The Morgan fingerprint density at radius 1 is 0.800 bits per heavy atom. The van der Waals surface area contributed by atoms with Gasteiger partial charge in [0.2, 0.25) is 0 Å². The van der Waals surface area contributed by atoms with E-state index in [4.69, 9.17) is 0 Å². The fraction of sp³-hybridized carbons (Fsp3) is 0.0625. The first-order valence-electron chi connectivity index (χ1n) is 6.07. The number of aromatic nitrogens is 1. The number of hydrogen-bond donors (Lipinski definition) is 0. The predicted molar refractivity (Wildman–Crippen MR) is 72.2 cm³/mol. The van der Waals surface area contributed by atoms with Gasteiger partial charge in [-0.05, 0) is 24.3 Å². The Hall–Kier alpha value is -2.36. The number of para-hydroxylation sites is 1. The van der Waals surface area contributed by atoms with E-state index >= 15 is 0 Å². The van der Waals surface area contributed by atoms with Gasteiger partial charge >= 0.3 is 6.18 Å². The van der Waals surface area contributed by atoms with Crippen molar-refractivity contribution in [2.75, 3.05) is 0 Å². The summed E-state index contributed by atoms with van der Waals surface area (Å²) < 4.78 is 38.1. The molecule has 4 heteroatoms. The molecule has 100 valence electrons. The molecule has 0 fully saturated rings. The zero-order valence-corrected chi connectivity index (χ0v) is 10.4. The highest BCUT2D eigenvalue weighted by Gasteiger charge is 2.30. The first kappa shape index (κ1) is 12.7. The lowest BCUT2D eigenvalue weighted by Gasteiger charge is -2.09. The van der Waals surface area contributed by atoms with Gasteiger partial charge in [0.05, 0.1) is 16.8 Å². The molecule has 0 aliphatic heterocycles. The van der Waals surface area contributed by atoms with Crippen LogP contribution >= 0.6 is 0 Å². The standard InChI is InChI=1S/C16H10F3N/c17-16(18,19)13-6-3-5-12(10-13)15-9-8-11-4-1-2-7-14(11)20-15/h1-10H. The second-order valence-corrected chi connectivity index (χ2v) is 4.47. The van der Waals surface area contributed by atoms with Gasteiger partial charge in [-0.1, -0.05) is 36.4 Å². The molecule has 0 unspecified atom stereocenters. The molecule has 1 aromatic heterocycles. The van der Waals surface area contributed by atoms with Crippen LogP contribution in [0.5, 0.6) is 0 Å². The van der Waals surface area contributed by atoms with Crippen LogP contribution in [0.25, 0.3) is 22.2 Å². The minimum absolute atomic E-state index is 0.463.